The van der Waals surface area contributed by atoms with E-state index in [-0.39, 0.29) is 6.09 Å². The molecule has 2 aliphatic rings. The van der Waals surface area contributed by atoms with E-state index in [9.17, 15) is 4.79 Å². The molecule has 1 aromatic rings. The molecule has 0 radical (unpaired) electrons. The van der Waals surface area contributed by atoms with Crippen molar-refractivity contribution in [3.8, 4) is 0 Å². The Morgan fingerprint density at radius 3 is 2.60 bits per heavy atom. The summed E-state index contributed by atoms with van der Waals surface area (Å²) in [5.74, 6) is 2.38. The molecule has 1 aromatic heterocycles. The van der Waals surface area contributed by atoms with E-state index in [4.69, 9.17) is 4.74 Å². The van der Waals surface area contributed by atoms with Crippen molar-refractivity contribution in [3.63, 3.8) is 0 Å². The molecule has 1 amide bonds. The molecule has 1 aliphatic heterocycles. The second-order valence-corrected chi connectivity index (χ2v) is 7.99. The molecule has 2 heterocycles. The van der Waals surface area contributed by atoms with Crippen molar-refractivity contribution in [1.82, 2.24) is 15.3 Å². The minimum atomic E-state index is -0.452. The SMILES string of the molecule is CC(C)(C)OC(=O)NCC1CCN(c2cc(NC3CC3)ncn2)CC1. The van der Waals surface area contributed by atoms with Gasteiger partial charge in [0.05, 0.1) is 0 Å². The first kappa shape index (κ1) is 17.8. The fourth-order valence-electron chi connectivity index (χ4n) is 2.94. The lowest BCUT2D eigenvalue weighted by Crippen LogP contribution is -2.40. The van der Waals surface area contributed by atoms with Gasteiger partial charge in [-0.25, -0.2) is 14.8 Å². The summed E-state index contributed by atoms with van der Waals surface area (Å²) in [5.41, 5.74) is -0.452. The number of amides is 1. The maximum atomic E-state index is 11.8. The van der Waals surface area contributed by atoms with E-state index >= 15 is 0 Å². The summed E-state index contributed by atoms with van der Waals surface area (Å²) in [6.45, 7) is 8.18. The molecule has 0 unspecified atom stereocenters. The van der Waals surface area contributed by atoms with Crippen LogP contribution in [0.4, 0.5) is 16.4 Å². The van der Waals surface area contributed by atoms with Gasteiger partial charge in [0.2, 0.25) is 0 Å². The quantitative estimate of drug-likeness (QED) is 0.853. The van der Waals surface area contributed by atoms with Crippen molar-refractivity contribution >= 4 is 17.7 Å². The van der Waals surface area contributed by atoms with Crippen LogP contribution in [0.25, 0.3) is 0 Å². The van der Waals surface area contributed by atoms with Gasteiger partial charge in [-0.2, -0.15) is 0 Å². The van der Waals surface area contributed by atoms with E-state index in [1.165, 1.54) is 12.8 Å². The highest BCUT2D eigenvalue weighted by Crippen LogP contribution is 2.26. The van der Waals surface area contributed by atoms with Crippen LogP contribution in [0.5, 0.6) is 0 Å². The zero-order valence-corrected chi connectivity index (χ0v) is 15.4. The molecular formula is C18H29N5O2. The number of carbonyl (C=O) groups is 1. The minimum Gasteiger partial charge on any atom is -0.444 e. The number of hydrogen-bond acceptors (Lipinski definition) is 6. The number of nitrogens with zero attached hydrogens (tertiary/aromatic N) is 3. The third-order valence-corrected chi connectivity index (χ3v) is 4.45. The van der Waals surface area contributed by atoms with Gasteiger partial charge in [0.1, 0.15) is 23.6 Å². The standard InChI is InChI=1S/C18H29N5O2/c1-18(2,3)25-17(24)19-11-13-6-8-23(9-7-13)16-10-15(20-12-21-16)22-14-4-5-14/h10,12-14H,4-9,11H2,1-3H3,(H,19,24)(H,20,21,22). The molecule has 2 fully saturated rings. The largest absolute Gasteiger partial charge is 0.444 e. The minimum absolute atomic E-state index is 0.332. The number of carbonyl (C=O) groups excluding carboxylic acids is 1. The van der Waals surface area contributed by atoms with Gasteiger partial charge in [0.15, 0.2) is 0 Å². The average Bonchev–Trinajstić information content (AvgIpc) is 3.36. The molecule has 25 heavy (non-hydrogen) atoms. The van der Waals surface area contributed by atoms with E-state index in [1.54, 1.807) is 6.33 Å². The van der Waals surface area contributed by atoms with E-state index in [0.29, 0.717) is 18.5 Å². The summed E-state index contributed by atoms with van der Waals surface area (Å²) in [4.78, 5) is 22.8. The van der Waals surface area contributed by atoms with Crippen LogP contribution in [0.1, 0.15) is 46.5 Å². The highest BCUT2D eigenvalue weighted by Gasteiger charge is 2.24. The topological polar surface area (TPSA) is 79.4 Å². The fourth-order valence-corrected chi connectivity index (χ4v) is 2.94. The van der Waals surface area contributed by atoms with Crippen molar-refractivity contribution in [2.24, 2.45) is 5.92 Å². The van der Waals surface area contributed by atoms with Crippen molar-refractivity contribution in [2.75, 3.05) is 29.9 Å². The Morgan fingerprint density at radius 1 is 1.24 bits per heavy atom. The molecule has 0 atom stereocenters. The van der Waals surface area contributed by atoms with Crippen molar-refractivity contribution in [1.29, 1.82) is 0 Å². The molecule has 3 rings (SSSR count). The van der Waals surface area contributed by atoms with Crippen LogP contribution in [0.15, 0.2) is 12.4 Å². The maximum absolute atomic E-state index is 11.8. The van der Waals surface area contributed by atoms with Crippen LogP contribution in [0.3, 0.4) is 0 Å². The number of nitrogens with one attached hydrogen (secondary N) is 2. The van der Waals surface area contributed by atoms with Gasteiger partial charge in [-0.15, -0.1) is 0 Å². The molecule has 1 saturated heterocycles. The molecular weight excluding hydrogens is 318 g/mol. The van der Waals surface area contributed by atoms with Crippen molar-refractivity contribution in [2.45, 2.75) is 58.1 Å². The van der Waals surface area contributed by atoms with Crippen molar-refractivity contribution in [3.05, 3.63) is 12.4 Å². The van der Waals surface area contributed by atoms with E-state index < -0.39 is 5.60 Å². The molecule has 1 aliphatic carbocycles. The summed E-state index contributed by atoms with van der Waals surface area (Å²) in [6, 6.07) is 2.63. The Hall–Kier alpha value is -2.05. The number of aromatic nitrogens is 2. The lowest BCUT2D eigenvalue weighted by Gasteiger charge is -2.33. The molecule has 7 nitrogen and oxygen atoms in total. The Bertz CT molecular complexity index is 589. The Kier molecular flexibility index (Phi) is 5.30. The first-order chi connectivity index (χ1) is 11.9. The van der Waals surface area contributed by atoms with Crippen LogP contribution in [-0.4, -0.2) is 47.3 Å². The van der Waals surface area contributed by atoms with Gasteiger partial charge < -0.3 is 20.3 Å². The second kappa shape index (κ2) is 7.45. The molecule has 2 N–H and O–H groups in total. The smallest absolute Gasteiger partial charge is 0.407 e. The zero-order chi connectivity index (χ0) is 17.9. The number of anilines is 2. The van der Waals surface area contributed by atoms with E-state index in [1.807, 2.05) is 26.8 Å². The number of ether oxygens (including phenoxy) is 1. The van der Waals surface area contributed by atoms with Crippen LogP contribution in [-0.2, 0) is 4.74 Å². The third kappa shape index (κ3) is 5.76. The molecule has 0 aromatic carbocycles. The first-order valence-electron chi connectivity index (χ1n) is 9.19. The average molecular weight is 347 g/mol. The Morgan fingerprint density at radius 2 is 1.96 bits per heavy atom. The Balaban J connectivity index is 1.43. The van der Waals surface area contributed by atoms with Crippen LogP contribution < -0.4 is 15.5 Å². The van der Waals surface area contributed by atoms with Gasteiger partial charge in [0.25, 0.3) is 0 Å². The molecule has 138 valence electrons. The lowest BCUT2D eigenvalue weighted by molar-refractivity contribution is 0.0517. The monoisotopic (exact) mass is 347 g/mol. The summed E-state index contributed by atoms with van der Waals surface area (Å²) in [5, 5.41) is 6.30. The van der Waals surface area contributed by atoms with Gasteiger partial charge in [-0.05, 0) is 52.4 Å². The number of rotatable bonds is 5. The highest BCUT2D eigenvalue weighted by atomic mass is 16.6. The Labute approximate surface area is 149 Å². The molecule has 7 heteroatoms. The first-order valence-corrected chi connectivity index (χ1v) is 9.19. The van der Waals surface area contributed by atoms with Gasteiger partial charge >= 0.3 is 6.09 Å². The third-order valence-electron chi connectivity index (χ3n) is 4.45. The number of alkyl carbamates (subject to hydrolysis) is 1. The highest BCUT2D eigenvalue weighted by molar-refractivity contribution is 5.67. The predicted molar refractivity (Wildman–Crippen MR) is 97.9 cm³/mol. The summed E-state index contributed by atoms with van der Waals surface area (Å²) in [7, 11) is 0. The second-order valence-electron chi connectivity index (χ2n) is 7.99. The van der Waals surface area contributed by atoms with E-state index in [2.05, 4.69) is 25.5 Å². The molecule has 0 spiro atoms. The van der Waals surface area contributed by atoms with Crippen LogP contribution in [0, 0.1) is 5.92 Å². The maximum Gasteiger partial charge on any atom is 0.407 e. The van der Waals surface area contributed by atoms with Crippen LogP contribution in [0.2, 0.25) is 0 Å². The van der Waals surface area contributed by atoms with Gasteiger partial charge in [0, 0.05) is 31.7 Å². The zero-order valence-electron chi connectivity index (χ0n) is 15.4. The summed E-state index contributed by atoms with van der Waals surface area (Å²) >= 11 is 0. The summed E-state index contributed by atoms with van der Waals surface area (Å²) in [6.07, 6.45) is 5.83. The molecule has 0 bridgehead atoms. The normalized spacial score (nSPS) is 18.8. The van der Waals surface area contributed by atoms with Gasteiger partial charge in [-0.1, -0.05) is 0 Å². The van der Waals surface area contributed by atoms with Gasteiger partial charge in [-0.3, -0.25) is 0 Å². The van der Waals surface area contributed by atoms with Crippen LogP contribution >= 0.6 is 0 Å². The van der Waals surface area contributed by atoms with Crippen molar-refractivity contribution < 1.29 is 9.53 Å². The van der Waals surface area contributed by atoms with E-state index in [0.717, 1.165) is 37.6 Å². The summed E-state index contributed by atoms with van der Waals surface area (Å²) < 4.78 is 5.28. The number of piperidine rings is 1. The number of hydrogen-bond donors (Lipinski definition) is 2. The predicted octanol–water partition coefficient (Wildman–Crippen LogP) is 2.79. The fraction of sp³-hybridized carbons (Fsp3) is 0.722. The molecule has 1 saturated carbocycles. The lowest BCUT2D eigenvalue weighted by atomic mass is 9.97.